The van der Waals surface area contributed by atoms with Gasteiger partial charge in [0.15, 0.2) is 16.9 Å². The monoisotopic (exact) mass is 434 g/mol. The molecule has 0 saturated heterocycles. The smallest absolute Gasteiger partial charge is 0.312 e. The summed E-state index contributed by atoms with van der Waals surface area (Å²) in [5, 5.41) is 24.8. The van der Waals surface area contributed by atoms with Gasteiger partial charge in [0, 0.05) is 42.4 Å². The summed E-state index contributed by atoms with van der Waals surface area (Å²) in [4.78, 5) is 25.2. The van der Waals surface area contributed by atoms with Gasteiger partial charge in [-0.05, 0) is 23.8 Å². The standard InChI is InChI=1S/C23H18N2O7/c1-25-10-12(9-24-25)13-6-20(29)31-19-8-16(28)22-15(27)7-18(32-23(22)21(13)19)11-3-4-17(30-2)14(26)5-11/h3-5,7-10,13,26,28H,6H2,1-2H3/t13-/m0/s1. The van der Waals surface area contributed by atoms with Crippen LogP contribution >= 0.6 is 0 Å². The van der Waals surface area contributed by atoms with Crippen LogP contribution in [0.25, 0.3) is 22.3 Å². The van der Waals surface area contributed by atoms with Gasteiger partial charge in [-0.2, -0.15) is 5.10 Å². The number of aryl methyl sites for hydroxylation is 1. The van der Waals surface area contributed by atoms with Gasteiger partial charge in [-0.1, -0.05) is 0 Å². The Balaban J connectivity index is 1.80. The Morgan fingerprint density at radius 1 is 1.16 bits per heavy atom. The molecule has 2 aromatic heterocycles. The van der Waals surface area contributed by atoms with Gasteiger partial charge >= 0.3 is 5.97 Å². The van der Waals surface area contributed by atoms with Crippen molar-refractivity contribution in [3.63, 3.8) is 0 Å². The van der Waals surface area contributed by atoms with E-state index in [0.29, 0.717) is 11.1 Å². The van der Waals surface area contributed by atoms with Crippen molar-refractivity contribution in [3.8, 4) is 34.3 Å². The summed E-state index contributed by atoms with van der Waals surface area (Å²) < 4.78 is 18.1. The van der Waals surface area contributed by atoms with Crippen LogP contribution in [0.2, 0.25) is 0 Å². The van der Waals surface area contributed by atoms with Crippen molar-refractivity contribution in [2.24, 2.45) is 7.05 Å². The molecule has 0 unspecified atom stereocenters. The molecule has 0 fully saturated rings. The zero-order valence-electron chi connectivity index (χ0n) is 17.2. The first-order valence-corrected chi connectivity index (χ1v) is 9.76. The lowest BCUT2D eigenvalue weighted by molar-refractivity contribution is -0.135. The molecule has 3 heterocycles. The Labute approximate surface area is 181 Å². The highest BCUT2D eigenvalue weighted by Gasteiger charge is 2.34. The molecule has 0 radical (unpaired) electrons. The molecule has 2 aromatic carbocycles. The molecule has 9 nitrogen and oxygen atoms in total. The van der Waals surface area contributed by atoms with Crippen LogP contribution in [0.5, 0.6) is 23.0 Å². The van der Waals surface area contributed by atoms with Crippen molar-refractivity contribution in [2.75, 3.05) is 7.11 Å². The number of ether oxygens (including phenoxy) is 2. The van der Waals surface area contributed by atoms with E-state index in [0.717, 1.165) is 5.56 Å². The Morgan fingerprint density at radius 3 is 2.66 bits per heavy atom. The molecule has 1 aliphatic rings. The number of hydrogen-bond donors (Lipinski definition) is 2. The second kappa shape index (κ2) is 7.16. The van der Waals surface area contributed by atoms with E-state index < -0.39 is 17.3 Å². The fraction of sp³-hybridized carbons (Fsp3) is 0.174. The van der Waals surface area contributed by atoms with Gasteiger partial charge in [-0.3, -0.25) is 14.3 Å². The minimum absolute atomic E-state index is 0.0166. The van der Waals surface area contributed by atoms with E-state index in [2.05, 4.69) is 5.10 Å². The van der Waals surface area contributed by atoms with Gasteiger partial charge in [0.05, 0.1) is 19.7 Å². The number of carbonyl (C=O) groups is 1. The molecule has 9 heteroatoms. The molecular formula is C23H18N2O7. The van der Waals surface area contributed by atoms with Crippen LogP contribution in [0.3, 0.4) is 0 Å². The van der Waals surface area contributed by atoms with E-state index in [-0.39, 0.29) is 46.1 Å². The maximum absolute atomic E-state index is 13.0. The Kier molecular flexibility index (Phi) is 4.40. The van der Waals surface area contributed by atoms with E-state index >= 15 is 0 Å². The van der Waals surface area contributed by atoms with Crippen molar-refractivity contribution in [3.05, 3.63) is 64.1 Å². The summed E-state index contributed by atoms with van der Waals surface area (Å²) in [6.07, 6.45) is 3.43. The number of hydrogen-bond acceptors (Lipinski definition) is 8. The van der Waals surface area contributed by atoms with E-state index in [1.807, 2.05) is 0 Å². The van der Waals surface area contributed by atoms with Crippen LogP contribution < -0.4 is 14.9 Å². The van der Waals surface area contributed by atoms with Crippen LogP contribution in [0, 0.1) is 0 Å². The van der Waals surface area contributed by atoms with E-state index in [1.165, 1.54) is 25.3 Å². The molecule has 4 aromatic rings. The molecule has 0 saturated carbocycles. The van der Waals surface area contributed by atoms with Crippen LogP contribution in [0.15, 0.2) is 51.9 Å². The minimum atomic E-state index is -0.481. The molecule has 32 heavy (non-hydrogen) atoms. The summed E-state index contributed by atoms with van der Waals surface area (Å²) in [5.74, 6) is -0.845. The highest BCUT2D eigenvalue weighted by atomic mass is 16.5. The zero-order chi connectivity index (χ0) is 22.6. The SMILES string of the molecule is COc1ccc(-c2cc(=O)c3c(O)cc4c(c3o2)[C@H](c2cnn(C)c2)CC(=O)O4)cc1O. The van der Waals surface area contributed by atoms with Gasteiger partial charge in [0.1, 0.15) is 28.2 Å². The first-order chi connectivity index (χ1) is 15.4. The highest BCUT2D eigenvalue weighted by molar-refractivity contribution is 5.93. The lowest BCUT2D eigenvalue weighted by Crippen LogP contribution is -2.21. The molecular weight excluding hydrogens is 416 g/mol. The number of carbonyl (C=O) groups excluding carboxylic acids is 1. The van der Waals surface area contributed by atoms with E-state index in [4.69, 9.17) is 13.9 Å². The summed E-state index contributed by atoms with van der Waals surface area (Å²) in [7, 11) is 3.19. The number of phenols is 2. The third-order valence-corrected chi connectivity index (χ3v) is 5.52. The number of aromatic nitrogens is 2. The van der Waals surface area contributed by atoms with Crippen LogP contribution in [0.1, 0.15) is 23.5 Å². The molecule has 2 N–H and O–H groups in total. The molecule has 1 atom stereocenters. The molecule has 0 spiro atoms. The van der Waals surface area contributed by atoms with Crippen molar-refractivity contribution in [1.82, 2.24) is 9.78 Å². The first-order valence-electron chi connectivity index (χ1n) is 9.76. The molecule has 0 bridgehead atoms. The largest absolute Gasteiger partial charge is 0.507 e. The molecule has 162 valence electrons. The van der Waals surface area contributed by atoms with Gasteiger partial charge in [-0.15, -0.1) is 0 Å². The first kappa shape index (κ1) is 19.7. The minimum Gasteiger partial charge on any atom is -0.507 e. The van der Waals surface area contributed by atoms with Gasteiger partial charge in [0.25, 0.3) is 0 Å². The summed E-state index contributed by atoms with van der Waals surface area (Å²) >= 11 is 0. The molecule has 0 aliphatic carbocycles. The highest BCUT2D eigenvalue weighted by Crippen LogP contribution is 2.46. The summed E-state index contributed by atoms with van der Waals surface area (Å²) in [6, 6.07) is 7.10. The van der Waals surface area contributed by atoms with Crippen molar-refractivity contribution in [1.29, 1.82) is 0 Å². The van der Waals surface area contributed by atoms with Crippen LogP contribution in [-0.2, 0) is 11.8 Å². The van der Waals surface area contributed by atoms with Crippen LogP contribution in [-0.4, -0.2) is 33.1 Å². The van der Waals surface area contributed by atoms with Gasteiger partial charge in [-0.25, -0.2) is 0 Å². The van der Waals surface area contributed by atoms with E-state index in [9.17, 15) is 19.8 Å². The Hall–Kier alpha value is -4.27. The van der Waals surface area contributed by atoms with Crippen molar-refractivity contribution >= 4 is 16.9 Å². The number of esters is 1. The molecule has 5 rings (SSSR count). The quantitative estimate of drug-likeness (QED) is 0.372. The number of benzene rings is 2. The fourth-order valence-corrected chi connectivity index (χ4v) is 4.05. The van der Waals surface area contributed by atoms with Gasteiger partial charge < -0.3 is 24.1 Å². The predicted molar refractivity (Wildman–Crippen MR) is 113 cm³/mol. The normalized spacial score (nSPS) is 15.4. The van der Waals surface area contributed by atoms with E-state index in [1.54, 1.807) is 36.3 Å². The maximum atomic E-state index is 13.0. The number of nitrogens with zero attached hydrogens (tertiary/aromatic N) is 2. The van der Waals surface area contributed by atoms with Gasteiger partial charge in [0.2, 0.25) is 0 Å². The predicted octanol–water partition coefficient (Wildman–Crippen LogP) is 3.05. The zero-order valence-corrected chi connectivity index (χ0v) is 17.2. The second-order valence-electron chi connectivity index (χ2n) is 7.55. The lowest BCUT2D eigenvalue weighted by atomic mass is 9.86. The van der Waals surface area contributed by atoms with Crippen molar-refractivity contribution in [2.45, 2.75) is 12.3 Å². The van der Waals surface area contributed by atoms with Crippen LogP contribution in [0.4, 0.5) is 0 Å². The average molecular weight is 434 g/mol. The summed E-state index contributed by atoms with van der Waals surface area (Å²) in [6.45, 7) is 0. The molecule has 0 amide bonds. The third kappa shape index (κ3) is 3.06. The summed E-state index contributed by atoms with van der Waals surface area (Å²) in [5.41, 5.74) is 1.29. The second-order valence-corrected chi connectivity index (χ2v) is 7.55. The molecule has 1 aliphatic heterocycles. The average Bonchev–Trinajstić information content (AvgIpc) is 3.18. The maximum Gasteiger partial charge on any atom is 0.312 e. The fourth-order valence-electron chi connectivity index (χ4n) is 4.05. The number of phenolic OH excluding ortho intramolecular Hbond substituents is 2. The number of fused-ring (bicyclic) bond motifs is 3. The number of methoxy groups -OCH3 is 1. The number of rotatable bonds is 3. The lowest BCUT2D eigenvalue weighted by Gasteiger charge is -2.25. The number of aromatic hydroxyl groups is 2. The topological polar surface area (TPSA) is 124 Å². The Bertz CT molecular complexity index is 1450. The van der Waals surface area contributed by atoms with Crippen molar-refractivity contribution < 1.29 is 28.9 Å². The third-order valence-electron chi connectivity index (χ3n) is 5.52. The Morgan fingerprint density at radius 2 is 1.97 bits per heavy atom.